The van der Waals surface area contributed by atoms with Crippen LogP contribution in [-0.2, 0) is 20.4 Å². The van der Waals surface area contributed by atoms with E-state index in [1.807, 2.05) is 0 Å². The van der Waals surface area contributed by atoms with Crippen molar-refractivity contribution >= 4 is 23.4 Å². The Labute approximate surface area is 196 Å². The number of ether oxygens (including phenoxy) is 2. The fraction of sp³-hybridized carbons (Fsp3) is 0.480. The number of benzene rings is 1. The number of carbonyl (C=O) groups excluding carboxylic acids is 2. The Morgan fingerprint density at radius 2 is 1.94 bits per heavy atom. The molecule has 0 saturated heterocycles. The molecule has 3 rings (SSSR count). The van der Waals surface area contributed by atoms with Crippen molar-refractivity contribution in [3.8, 4) is 0 Å². The van der Waals surface area contributed by atoms with E-state index >= 15 is 0 Å². The summed E-state index contributed by atoms with van der Waals surface area (Å²) in [5.74, 6) is -0.368. The molecule has 1 aliphatic carbocycles. The highest BCUT2D eigenvalue weighted by Crippen LogP contribution is 2.35. The van der Waals surface area contributed by atoms with E-state index in [0.29, 0.717) is 11.8 Å². The van der Waals surface area contributed by atoms with Crippen molar-refractivity contribution in [2.24, 2.45) is 17.8 Å². The molecule has 1 N–H and O–H groups in total. The van der Waals surface area contributed by atoms with E-state index in [9.17, 15) is 22.8 Å². The average molecular weight is 479 g/mol. The van der Waals surface area contributed by atoms with Gasteiger partial charge in [0, 0.05) is 11.9 Å². The zero-order valence-corrected chi connectivity index (χ0v) is 19.4. The maximum atomic E-state index is 13.0. The normalized spacial score (nSPS) is 20.6. The number of esters is 2. The molecule has 1 fully saturated rings. The Hall–Kier alpha value is -3.10. The van der Waals surface area contributed by atoms with Gasteiger partial charge in [-0.15, -0.1) is 0 Å². The van der Waals surface area contributed by atoms with Crippen LogP contribution in [0.1, 0.15) is 56.0 Å². The average Bonchev–Trinajstić information content (AvgIpc) is 2.77. The largest absolute Gasteiger partial charge is 0.460 e. The van der Waals surface area contributed by atoms with Crippen molar-refractivity contribution in [3.05, 3.63) is 53.7 Å². The van der Waals surface area contributed by atoms with Crippen molar-refractivity contribution in [1.29, 1.82) is 0 Å². The molecule has 0 spiro atoms. The monoisotopic (exact) mass is 478 g/mol. The Balaban J connectivity index is 1.63. The summed E-state index contributed by atoms with van der Waals surface area (Å²) in [5, 5.41) is 2.71. The zero-order valence-electron chi connectivity index (χ0n) is 19.4. The third-order valence-electron chi connectivity index (χ3n) is 6.05. The lowest BCUT2D eigenvalue weighted by Crippen LogP contribution is -2.36. The molecular formula is C25H29F3N2O4. The van der Waals surface area contributed by atoms with Gasteiger partial charge in [0.25, 0.3) is 0 Å². The second kappa shape index (κ2) is 10.9. The van der Waals surface area contributed by atoms with Gasteiger partial charge >= 0.3 is 18.1 Å². The van der Waals surface area contributed by atoms with E-state index in [-0.39, 0.29) is 29.1 Å². The van der Waals surface area contributed by atoms with Gasteiger partial charge in [0.1, 0.15) is 17.5 Å². The number of nitrogens with zero attached hydrogens (tertiary/aromatic N) is 1. The van der Waals surface area contributed by atoms with Crippen LogP contribution in [0.4, 0.5) is 24.7 Å². The van der Waals surface area contributed by atoms with Gasteiger partial charge in [-0.2, -0.15) is 13.2 Å². The number of carbonyl (C=O) groups is 2. The lowest BCUT2D eigenvalue weighted by atomic mass is 9.75. The molecule has 184 valence electrons. The topological polar surface area (TPSA) is 77.5 Å². The van der Waals surface area contributed by atoms with Crippen molar-refractivity contribution in [2.45, 2.75) is 52.3 Å². The molecule has 0 aliphatic heterocycles. The molecule has 0 bridgehead atoms. The number of aromatic nitrogens is 1. The SMILES string of the molecule is CC(C)[C@@H]1CC[C@@H](C)C[C@@H]1OC(=O)COC(=O)c1cccnc1Nc1cccc(C(F)(F)F)c1. The minimum atomic E-state index is -4.51. The third-order valence-corrected chi connectivity index (χ3v) is 6.05. The van der Waals surface area contributed by atoms with Crippen LogP contribution in [-0.4, -0.2) is 29.6 Å². The van der Waals surface area contributed by atoms with Crippen LogP contribution < -0.4 is 5.32 Å². The first-order valence-electron chi connectivity index (χ1n) is 11.3. The molecule has 1 aromatic carbocycles. The van der Waals surface area contributed by atoms with Gasteiger partial charge < -0.3 is 14.8 Å². The van der Waals surface area contributed by atoms with Crippen molar-refractivity contribution < 1.29 is 32.2 Å². The predicted molar refractivity (Wildman–Crippen MR) is 120 cm³/mol. The molecular weight excluding hydrogens is 449 g/mol. The molecule has 9 heteroatoms. The maximum Gasteiger partial charge on any atom is 0.416 e. The predicted octanol–water partition coefficient (Wildman–Crippen LogP) is 6.00. The van der Waals surface area contributed by atoms with Crippen LogP contribution in [0.2, 0.25) is 0 Å². The summed E-state index contributed by atoms with van der Waals surface area (Å²) in [4.78, 5) is 29.0. The van der Waals surface area contributed by atoms with Gasteiger partial charge in [-0.1, -0.05) is 33.3 Å². The van der Waals surface area contributed by atoms with Gasteiger partial charge in [0.05, 0.1) is 5.56 Å². The summed E-state index contributed by atoms with van der Waals surface area (Å²) >= 11 is 0. The molecule has 6 nitrogen and oxygen atoms in total. The van der Waals surface area contributed by atoms with Crippen LogP contribution in [0.3, 0.4) is 0 Å². The van der Waals surface area contributed by atoms with E-state index < -0.39 is 30.3 Å². The molecule has 2 aromatic rings. The van der Waals surface area contributed by atoms with Crippen LogP contribution >= 0.6 is 0 Å². The number of anilines is 2. The minimum Gasteiger partial charge on any atom is -0.460 e. The summed E-state index contributed by atoms with van der Waals surface area (Å²) in [7, 11) is 0. The summed E-state index contributed by atoms with van der Waals surface area (Å²) in [6, 6.07) is 7.43. The van der Waals surface area contributed by atoms with Crippen molar-refractivity contribution in [3.63, 3.8) is 0 Å². The summed E-state index contributed by atoms with van der Waals surface area (Å²) in [5.41, 5.74) is -0.746. The van der Waals surface area contributed by atoms with Gasteiger partial charge in [0.2, 0.25) is 0 Å². The Morgan fingerprint density at radius 1 is 1.18 bits per heavy atom. The fourth-order valence-corrected chi connectivity index (χ4v) is 4.23. The molecule has 0 amide bonds. The van der Waals surface area contributed by atoms with Crippen molar-refractivity contribution in [2.75, 3.05) is 11.9 Å². The van der Waals surface area contributed by atoms with E-state index in [0.717, 1.165) is 31.4 Å². The van der Waals surface area contributed by atoms with E-state index in [1.165, 1.54) is 30.5 Å². The Morgan fingerprint density at radius 3 is 2.65 bits per heavy atom. The number of pyridine rings is 1. The Kier molecular flexibility index (Phi) is 8.17. The van der Waals surface area contributed by atoms with Crippen LogP contribution in [0.5, 0.6) is 0 Å². The zero-order chi connectivity index (χ0) is 24.9. The second-order valence-corrected chi connectivity index (χ2v) is 9.03. The first-order valence-corrected chi connectivity index (χ1v) is 11.3. The van der Waals surface area contributed by atoms with Crippen molar-refractivity contribution in [1.82, 2.24) is 4.98 Å². The van der Waals surface area contributed by atoms with Gasteiger partial charge in [-0.05, 0) is 60.9 Å². The number of alkyl halides is 3. The van der Waals surface area contributed by atoms with E-state index in [4.69, 9.17) is 9.47 Å². The lowest BCUT2D eigenvalue weighted by Gasteiger charge is -2.36. The second-order valence-electron chi connectivity index (χ2n) is 9.03. The highest BCUT2D eigenvalue weighted by atomic mass is 19.4. The summed E-state index contributed by atoms with van der Waals surface area (Å²) < 4.78 is 49.7. The molecule has 1 aliphatic rings. The van der Waals surface area contributed by atoms with E-state index in [1.54, 1.807) is 0 Å². The first-order chi connectivity index (χ1) is 16.0. The summed E-state index contributed by atoms with van der Waals surface area (Å²) in [6.45, 7) is 5.76. The number of halogens is 3. The smallest absolute Gasteiger partial charge is 0.416 e. The summed E-state index contributed by atoms with van der Waals surface area (Å²) in [6.07, 6.45) is -0.487. The van der Waals surface area contributed by atoms with Gasteiger partial charge in [0.15, 0.2) is 6.61 Å². The molecule has 3 atom stereocenters. The molecule has 0 unspecified atom stereocenters. The van der Waals surface area contributed by atoms with Gasteiger partial charge in [-0.25, -0.2) is 14.6 Å². The van der Waals surface area contributed by atoms with Crippen LogP contribution in [0, 0.1) is 17.8 Å². The minimum absolute atomic E-state index is 0.0148. The number of rotatable bonds is 7. The number of nitrogens with one attached hydrogen (secondary N) is 1. The number of hydrogen-bond acceptors (Lipinski definition) is 6. The highest BCUT2D eigenvalue weighted by molar-refractivity contribution is 5.96. The molecule has 1 aromatic heterocycles. The standard InChI is InChI=1S/C25H29F3N2O4/c1-15(2)19-10-9-16(3)12-21(19)34-22(31)14-33-24(32)20-8-5-11-29-23(20)30-18-7-4-6-17(13-18)25(26,27)28/h4-8,11,13,15-16,19,21H,9-10,12,14H2,1-3H3,(H,29,30)/t16-,19+,21+/m1/s1. The highest BCUT2D eigenvalue weighted by Gasteiger charge is 2.34. The quantitative estimate of drug-likeness (QED) is 0.492. The molecule has 1 saturated carbocycles. The molecule has 0 radical (unpaired) electrons. The fourth-order valence-electron chi connectivity index (χ4n) is 4.23. The van der Waals surface area contributed by atoms with E-state index in [2.05, 4.69) is 31.1 Å². The molecule has 1 heterocycles. The maximum absolute atomic E-state index is 13.0. The molecule has 34 heavy (non-hydrogen) atoms. The first kappa shape index (κ1) is 25.5. The number of hydrogen-bond donors (Lipinski definition) is 1. The van der Waals surface area contributed by atoms with Crippen LogP contribution in [0.25, 0.3) is 0 Å². The third kappa shape index (κ3) is 6.71. The van der Waals surface area contributed by atoms with Gasteiger partial charge in [-0.3, -0.25) is 0 Å². The van der Waals surface area contributed by atoms with Crippen LogP contribution in [0.15, 0.2) is 42.6 Å². The lowest BCUT2D eigenvalue weighted by molar-refractivity contribution is -0.159. The Bertz CT molecular complexity index is 1010.